The average molecular weight is 317 g/mol. The lowest BCUT2D eigenvalue weighted by Gasteiger charge is -2.16. The Hall–Kier alpha value is -0.950. The Morgan fingerprint density at radius 2 is 1.95 bits per heavy atom. The Morgan fingerprint density at radius 3 is 2.47 bits per heavy atom. The molecule has 0 saturated heterocycles. The number of hydrogen-bond acceptors (Lipinski definition) is 4. The van der Waals surface area contributed by atoms with E-state index in [0.717, 1.165) is 16.9 Å². The fourth-order valence-corrected chi connectivity index (χ4v) is 4.74. The predicted molar refractivity (Wildman–Crippen MR) is 77.0 cm³/mol. The van der Waals surface area contributed by atoms with Gasteiger partial charge in [0.1, 0.15) is 0 Å². The number of rotatable bonds is 4. The first-order valence-corrected chi connectivity index (χ1v) is 8.18. The van der Waals surface area contributed by atoms with E-state index in [-0.39, 0.29) is 8.68 Å². The zero-order chi connectivity index (χ0) is 14.0. The lowest BCUT2D eigenvalue weighted by Crippen LogP contribution is -2.26. The summed E-state index contributed by atoms with van der Waals surface area (Å²) in [4.78, 5) is 3.94. The highest BCUT2D eigenvalue weighted by Gasteiger charge is 2.26. The Labute approximate surface area is 121 Å². The molecule has 0 spiro atoms. The van der Waals surface area contributed by atoms with E-state index >= 15 is 0 Å². The molecule has 0 unspecified atom stereocenters. The van der Waals surface area contributed by atoms with E-state index in [1.165, 1.54) is 4.31 Å². The van der Waals surface area contributed by atoms with E-state index in [4.69, 9.17) is 11.6 Å². The lowest BCUT2D eigenvalue weighted by molar-refractivity contribution is 0.468. The van der Waals surface area contributed by atoms with Crippen molar-refractivity contribution in [1.29, 1.82) is 0 Å². The van der Waals surface area contributed by atoms with Gasteiger partial charge in [-0.05, 0) is 12.5 Å². The van der Waals surface area contributed by atoms with Gasteiger partial charge in [-0.3, -0.25) is 0 Å². The summed E-state index contributed by atoms with van der Waals surface area (Å²) in [5, 5.41) is 0. The molecule has 1 heterocycles. The maximum Gasteiger partial charge on any atom is 0.254 e. The fraction of sp³-hybridized carbons (Fsp3) is 0.250. The van der Waals surface area contributed by atoms with E-state index in [9.17, 15) is 8.42 Å². The topological polar surface area (TPSA) is 50.3 Å². The van der Waals surface area contributed by atoms with Crippen molar-refractivity contribution in [1.82, 2.24) is 9.29 Å². The molecule has 0 atom stereocenters. The van der Waals surface area contributed by atoms with Gasteiger partial charge in [0.2, 0.25) is 0 Å². The number of sulfonamides is 1. The van der Waals surface area contributed by atoms with Crippen LogP contribution < -0.4 is 0 Å². The highest BCUT2D eigenvalue weighted by molar-refractivity contribution is 7.91. The zero-order valence-corrected chi connectivity index (χ0v) is 12.9. The van der Waals surface area contributed by atoms with Crippen LogP contribution in [0.1, 0.15) is 11.3 Å². The van der Waals surface area contributed by atoms with Crippen LogP contribution in [-0.4, -0.2) is 24.8 Å². The maximum absolute atomic E-state index is 12.4. The van der Waals surface area contributed by atoms with Gasteiger partial charge in [0.25, 0.3) is 10.0 Å². The maximum atomic E-state index is 12.4. The number of aryl methyl sites for hydroxylation is 1. The molecule has 2 aromatic rings. The summed E-state index contributed by atoms with van der Waals surface area (Å²) in [5.41, 5.74) is 1.37. The molecule has 0 aliphatic rings. The zero-order valence-electron chi connectivity index (χ0n) is 10.5. The first-order valence-electron chi connectivity index (χ1n) is 5.54. The molecule has 1 aromatic heterocycles. The normalized spacial score (nSPS) is 12.0. The predicted octanol–water partition coefficient (Wildman–Crippen LogP) is 2.93. The van der Waals surface area contributed by atoms with Crippen LogP contribution in [0.3, 0.4) is 0 Å². The summed E-state index contributed by atoms with van der Waals surface area (Å²) in [7, 11) is -1.99. The molecule has 0 bridgehead atoms. The van der Waals surface area contributed by atoms with Crippen LogP contribution in [0.2, 0.25) is 4.47 Å². The number of hydrogen-bond donors (Lipinski definition) is 0. The SMILES string of the molecule is Cc1nc(Cl)sc1S(=O)(=O)N(C)Cc1ccccc1. The van der Waals surface area contributed by atoms with Crippen molar-refractivity contribution < 1.29 is 8.42 Å². The molecule has 4 nitrogen and oxygen atoms in total. The molecule has 1 aromatic carbocycles. The minimum Gasteiger partial charge on any atom is -0.229 e. The number of benzene rings is 1. The number of nitrogens with zero attached hydrogens (tertiary/aromatic N) is 2. The van der Waals surface area contributed by atoms with Crippen LogP contribution >= 0.6 is 22.9 Å². The first-order chi connectivity index (χ1) is 8.91. The Morgan fingerprint density at radius 1 is 1.32 bits per heavy atom. The molecule has 0 N–H and O–H groups in total. The van der Waals surface area contributed by atoms with Crippen molar-refractivity contribution in [2.75, 3.05) is 7.05 Å². The smallest absolute Gasteiger partial charge is 0.229 e. The summed E-state index contributed by atoms with van der Waals surface area (Å²) >= 11 is 6.75. The van der Waals surface area contributed by atoms with E-state index in [2.05, 4.69) is 4.98 Å². The Kier molecular flexibility index (Phi) is 4.25. The minimum absolute atomic E-state index is 0.205. The van der Waals surface area contributed by atoms with Gasteiger partial charge in [-0.2, -0.15) is 4.31 Å². The summed E-state index contributed by atoms with van der Waals surface area (Å²) in [6.45, 7) is 1.96. The summed E-state index contributed by atoms with van der Waals surface area (Å²) in [6.07, 6.45) is 0. The van der Waals surface area contributed by atoms with E-state index in [1.54, 1.807) is 14.0 Å². The third kappa shape index (κ3) is 3.14. The molecule has 7 heteroatoms. The molecule has 0 aliphatic carbocycles. The molecular formula is C12H13ClN2O2S2. The Bertz CT molecular complexity index is 668. The number of thiazole rings is 1. The van der Waals surface area contributed by atoms with Crippen molar-refractivity contribution in [3.8, 4) is 0 Å². The van der Waals surface area contributed by atoms with Crippen molar-refractivity contribution in [3.05, 3.63) is 46.1 Å². The van der Waals surface area contributed by atoms with Crippen LogP contribution in [0.5, 0.6) is 0 Å². The summed E-state index contributed by atoms with van der Waals surface area (Å²) in [5.74, 6) is 0. The van der Waals surface area contributed by atoms with Gasteiger partial charge in [-0.1, -0.05) is 53.3 Å². The highest BCUT2D eigenvalue weighted by atomic mass is 35.5. The van der Waals surface area contributed by atoms with Gasteiger partial charge >= 0.3 is 0 Å². The molecular weight excluding hydrogens is 304 g/mol. The molecule has 0 fully saturated rings. The van der Waals surface area contributed by atoms with E-state index in [0.29, 0.717) is 12.2 Å². The van der Waals surface area contributed by atoms with Crippen LogP contribution in [0.4, 0.5) is 0 Å². The second-order valence-corrected chi connectivity index (χ2v) is 7.91. The fourth-order valence-electron chi connectivity index (χ4n) is 1.66. The quantitative estimate of drug-likeness (QED) is 0.871. The highest BCUT2D eigenvalue weighted by Crippen LogP contribution is 2.29. The van der Waals surface area contributed by atoms with E-state index in [1.807, 2.05) is 30.3 Å². The monoisotopic (exact) mass is 316 g/mol. The number of aromatic nitrogens is 1. The van der Waals surface area contributed by atoms with Crippen molar-refractivity contribution in [2.24, 2.45) is 0 Å². The van der Waals surface area contributed by atoms with Gasteiger partial charge in [0.05, 0.1) is 5.69 Å². The molecule has 0 saturated carbocycles. The molecule has 0 radical (unpaired) electrons. The molecule has 102 valence electrons. The summed E-state index contributed by atoms with van der Waals surface area (Å²) in [6, 6.07) is 9.43. The Balaban J connectivity index is 2.27. The van der Waals surface area contributed by atoms with Gasteiger partial charge in [-0.15, -0.1) is 0 Å². The average Bonchev–Trinajstić information content (AvgIpc) is 2.70. The van der Waals surface area contributed by atoms with Gasteiger partial charge < -0.3 is 0 Å². The van der Waals surface area contributed by atoms with Crippen molar-refractivity contribution in [2.45, 2.75) is 17.7 Å². The third-order valence-corrected chi connectivity index (χ3v) is 6.27. The molecule has 0 aliphatic heterocycles. The second kappa shape index (κ2) is 5.58. The standard InChI is InChI=1S/C12H13ClN2O2S2/c1-9-11(18-12(13)14-9)19(16,17)15(2)8-10-6-4-3-5-7-10/h3-7H,8H2,1-2H3. The van der Waals surface area contributed by atoms with Gasteiger partial charge in [0.15, 0.2) is 8.68 Å². The van der Waals surface area contributed by atoms with Crippen LogP contribution in [-0.2, 0) is 16.6 Å². The molecule has 19 heavy (non-hydrogen) atoms. The lowest BCUT2D eigenvalue weighted by atomic mass is 10.2. The van der Waals surface area contributed by atoms with Crippen LogP contribution in [0, 0.1) is 6.92 Å². The minimum atomic E-state index is -3.54. The largest absolute Gasteiger partial charge is 0.254 e. The van der Waals surface area contributed by atoms with Crippen molar-refractivity contribution in [3.63, 3.8) is 0 Å². The third-order valence-electron chi connectivity index (χ3n) is 2.62. The van der Waals surface area contributed by atoms with Gasteiger partial charge in [0, 0.05) is 13.6 Å². The molecule has 0 amide bonds. The second-order valence-electron chi connectivity index (χ2n) is 4.09. The molecule has 2 rings (SSSR count). The summed E-state index contributed by atoms with van der Waals surface area (Å²) < 4.78 is 26.6. The first kappa shape index (κ1) is 14.5. The number of halogens is 1. The van der Waals surface area contributed by atoms with Gasteiger partial charge in [-0.25, -0.2) is 13.4 Å². The van der Waals surface area contributed by atoms with Crippen molar-refractivity contribution >= 4 is 33.0 Å². The van der Waals surface area contributed by atoms with Crippen LogP contribution in [0.25, 0.3) is 0 Å². The van der Waals surface area contributed by atoms with Crippen LogP contribution in [0.15, 0.2) is 34.5 Å². The van der Waals surface area contributed by atoms with E-state index < -0.39 is 10.0 Å².